The van der Waals surface area contributed by atoms with E-state index in [2.05, 4.69) is 21.7 Å². The Labute approximate surface area is 106 Å². The summed E-state index contributed by atoms with van der Waals surface area (Å²) in [5, 5.41) is 15.6. The molecule has 0 atom stereocenters. The van der Waals surface area contributed by atoms with Crippen LogP contribution in [-0.4, -0.2) is 25.3 Å². The minimum atomic E-state index is 0.841. The van der Waals surface area contributed by atoms with Crippen molar-refractivity contribution in [2.45, 2.75) is 0 Å². The minimum absolute atomic E-state index is 0.841. The quantitative estimate of drug-likeness (QED) is 0.719. The second kappa shape index (κ2) is 5.31. The number of nitrogens with one attached hydrogen (secondary N) is 3. The van der Waals surface area contributed by atoms with Crippen LogP contribution in [0.25, 0.3) is 16.3 Å². The molecule has 18 heavy (non-hydrogen) atoms. The molecule has 92 valence electrons. The SMILES string of the molecule is CN/C=C(\C=N)c1ccc2cnc(NC)cc2c1. The van der Waals surface area contributed by atoms with Gasteiger partial charge in [0.1, 0.15) is 5.82 Å². The second-order valence-corrected chi connectivity index (χ2v) is 3.91. The number of nitrogens with zero attached hydrogens (tertiary/aromatic N) is 1. The van der Waals surface area contributed by atoms with Crippen LogP contribution in [0.4, 0.5) is 5.82 Å². The van der Waals surface area contributed by atoms with Gasteiger partial charge in [0, 0.05) is 43.7 Å². The summed E-state index contributed by atoms with van der Waals surface area (Å²) in [6.07, 6.45) is 5.00. The van der Waals surface area contributed by atoms with Crippen LogP contribution in [0.1, 0.15) is 5.56 Å². The Bertz CT molecular complexity index is 602. The fourth-order valence-corrected chi connectivity index (χ4v) is 1.82. The van der Waals surface area contributed by atoms with Crippen molar-refractivity contribution in [1.82, 2.24) is 10.3 Å². The van der Waals surface area contributed by atoms with Gasteiger partial charge in [0.15, 0.2) is 0 Å². The van der Waals surface area contributed by atoms with Gasteiger partial charge in [0.2, 0.25) is 0 Å². The molecule has 2 aromatic rings. The normalized spacial score (nSPS) is 11.3. The Balaban J connectivity index is 2.54. The number of benzene rings is 1. The van der Waals surface area contributed by atoms with Crippen molar-refractivity contribution in [1.29, 1.82) is 5.41 Å². The summed E-state index contributed by atoms with van der Waals surface area (Å²) in [6, 6.07) is 8.08. The van der Waals surface area contributed by atoms with Crippen LogP contribution in [-0.2, 0) is 0 Å². The molecule has 0 fully saturated rings. The Morgan fingerprint density at radius 2 is 2.06 bits per heavy atom. The van der Waals surface area contributed by atoms with Gasteiger partial charge in [-0.3, -0.25) is 0 Å². The lowest BCUT2D eigenvalue weighted by atomic mass is 10.0. The molecule has 3 N–H and O–H groups in total. The van der Waals surface area contributed by atoms with Crippen LogP contribution < -0.4 is 10.6 Å². The largest absolute Gasteiger partial charge is 0.393 e. The molecule has 0 aliphatic rings. The number of allylic oxidation sites excluding steroid dienone is 1. The molecule has 0 radical (unpaired) electrons. The maximum absolute atomic E-state index is 7.43. The molecule has 2 rings (SSSR count). The first-order valence-electron chi connectivity index (χ1n) is 5.74. The molecular formula is C14H16N4. The van der Waals surface area contributed by atoms with Gasteiger partial charge in [0.05, 0.1) is 0 Å². The molecule has 4 heteroatoms. The van der Waals surface area contributed by atoms with E-state index in [1.807, 2.05) is 44.7 Å². The predicted molar refractivity (Wildman–Crippen MR) is 77.1 cm³/mol. The highest BCUT2D eigenvalue weighted by Gasteiger charge is 2.02. The van der Waals surface area contributed by atoms with Gasteiger partial charge in [-0.25, -0.2) is 4.98 Å². The summed E-state index contributed by atoms with van der Waals surface area (Å²) in [5.74, 6) is 0.841. The highest BCUT2D eigenvalue weighted by molar-refractivity contribution is 6.09. The lowest BCUT2D eigenvalue weighted by Crippen LogP contribution is -1.97. The Morgan fingerprint density at radius 3 is 2.72 bits per heavy atom. The van der Waals surface area contributed by atoms with Crippen molar-refractivity contribution < 1.29 is 0 Å². The van der Waals surface area contributed by atoms with Crippen LogP contribution in [0.2, 0.25) is 0 Å². The fourth-order valence-electron chi connectivity index (χ4n) is 1.82. The smallest absolute Gasteiger partial charge is 0.126 e. The third-order valence-corrected chi connectivity index (χ3v) is 2.77. The van der Waals surface area contributed by atoms with Gasteiger partial charge in [-0.05, 0) is 23.1 Å². The molecule has 0 aliphatic carbocycles. The molecule has 1 heterocycles. The number of pyridine rings is 1. The van der Waals surface area contributed by atoms with E-state index in [0.29, 0.717) is 0 Å². The summed E-state index contributed by atoms with van der Waals surface area (Å²) in [7, 11) is 3.68. The standard InChI is InChI=1S/C14H16N4/c1-16-8-13(7-15)10-3-4-11-9-18-14(17-2)6-12(11)5-10/h3-9,15-16H,1-2H3,(H,17,18)/b13-8+,15-7?. The molecule has 0 amide bonds. The van der Waals surface area contributed by atoms with Crippen molar-refractivity contribution in [3.05, 3.63) is 42.2 Å². The molecule has 0 spiro atoms. The van der Waals surface area contributed by atoms with E-state index >= 15 is 0 Å². The van der Waals surface area contributed by atoms with Gasteiger partial charge in [-0.2, -0.15) is 0 Å². The third-order valence-electron chi connectivity index (χ3n) is 2.77. The first kappa shape index (κ1) is 12.1. The maximum atomic E-state index is 7.43. The molecule has 0 saturated heterocycles. The molecule has 1 aromatic heterocycles. The zero-order valence-electron chi connectivity index (χ0n) is 10.5. The summed E-state index contributed by atoms with van der Waals surface area (Å²) in [4.78, 5) is 4.27. The monoisotopic (exact) mass is 240 g/mol. The lowest BCUT2D eigenvalue weighted by Gasteiger charge is -2.06. The van der Waals surface area contributed by atoms with Crippen LogP contribution in [0.3, 0.4) is 0 Å². The van der Waals surface area contributed by atoms with Gasteiger partial charge < -0.3 is 16.0 Å². The highest BCUT2D eigenvalue weighted by Crippen LogP contribution is 2.21. The summed E-state index contributed by atoms with van der Waals surface area (Å²) in [6.45, 7) is 0. The maximum Gasteiger partial charge on any atom is 0.126 e. The molecule has 0 unspecified atom stereocenters. The first-order chi connectivity index (χ1) is 8.78. The van der Waals surface area contributed by atoms with Gasteiger partial charge >= 0.3 is 0 Å². The van der Waals surface area contributed by atoms with Crippen molar-refractivity contribution in [3.8, 4) is 0 Å². The average Bonchev–Trinajstić information content (AvgIpc) is 2.43. The van der Waals surface area contributed by atoms with Crippen molar-refractivity contribution in [3.63, 3.8) is 0 Å². The van der Waals surface area contributed by atoms with Crippen LogP contribution in [0.15, 0.2) is 36.7 Å². The van der Waals surface area contributed by atoms with E-state index in [-0.39, 0.29) is 0 Å². The van der Waals surface area contributed by atoms with Gasteiger partial charge in [-0.1, -0.05) is 12.1 Å². The van der Waals surface area contributed by atoms with Gasteiger partial charge in [0.25, 0.3) is 0 Å². The predicted octanol–water partition coefficient (Wildman–Crippen LogP) is 2.49. The zero-order chi connectivity index (χ0) is 13.0. The number of aromatic nitrogens is 1. The molecule has 1 aromatic carbocycles. The number of fused-ring (bicyclic) bond motifs is 1. The highest BCUT2D eigenvalue weighted by atomic mass is 14.9. The summed E-state index contributed by atoms with van der Waals surface area (Å²) in [5.41, 5.74) is 1.86. The number of hydrogen-bond donors (Lipinski definition) is 3. The molecule has 0 saturated carbocycles. The third kappa shape index (κ3) is 2.32. The topological polar surface area (TPSA) is 60.8 Å². The summed E-state index contributed by atoms with van der Waals surface area (Å²) < 4.78 is 0. The lowest BCUT2D eigenvalue weighted by molar-refractivity contribution is 1.11. The van der Waals surface area contributed by atoms with Gasteiger partial charge in [-0.15, -0.1) is 0 Å². The average molecular weight is 240 g/mol. The van der Waals surface area contributed by atoms with E-state index in [1.165, 1.54) is 6.21 Å². The fraction of sp³-hybridized carbons (Fsp3) is 0.143. The zero-order valence-corrected chi connectivity index (χ0v) is 10.5. The van der Waals surface area contributed by atoms with Crippen molar-refractivity contribution in [2.75, 3.05) is 19.4 Å². The van der Waals surface area contributed by atoms with Crippen molar-refractivity contribution >= 4 is 28.4 Å². The van der Waals surface area contributed by atoms with Crippen LogP contribution >= 0.6 is 0 Å². The molecule has 4 nitrogen and oxygen atoms in total. The number of rotatable bonds is 4. The Hall–Kier alpha value is -2.36. The van der Waals surface area contributed by atoms with Crippen LogP contribution in [0.5, 0.6) is 0 Å². The molecular weight excluding hydrogens is 224 g/mol. The van der Waals surface area contributed by atoms with E-state index in [9.17, 15) is 0 Å². The Kier molecular flexibility index (Phi) is 3.57. The van der Waals surface area contributed by atoms with E-state index in [1.54, 1.807) is 0 Å². The number of anilines is 1. The number of hydrogen-bond acceptors (Lipinski definition) is 4. The van der Waals surface area contributed by atoms with Crippen LogP contribution in [0, 0.1) is 5.41 Å². The Morgan fingerprint density at radius 1 is 1.22 bits per heavy atom. The van der Waals surface area contributed by atoms with E-state index in [0.717, 1.165) is 27.7 Å². The molecule has 0 aliphatic heterocycles. The minimum Gasteiger partial charge on any atom is -0.393 e. The first-order valence-corrected chi connectivity index (χ1v) is 5.74. The molecule has 0 bridgehead atoms. The second-order valence-electron chi connectivity index (χ2n) is 3.91. The van der Waals surface area contributed by atoms with Crippen molar-refractivity contribution in [2.24, 2.45) is 0 Å². The van der Waals surface area contributed by atoms with E-state index in [4.69, 9.17) is 5.41 Å². The summed E-state index contributed by atoms with van der Waals surface area (Å²) >= 11 is 0. The van der Waals surface area contributed by atoms with E-state index < -0.39 is 0 Å².